The van der Waals surface area contributed by atoms with Gasteiger partial charge in [0.25, 0.3) is 21.8 Å². The average Bonchev–Trinajstić information content (AvgIpc) is 3.69. The van der Waals surface area contributed by atoms with Crippen molar-refractivity contribution in [2.24, 2.45) is 5.92 Å². The summed E-state index contributed by atoms with van der Waals surface area (Å²) in [5, 5.41) is 7.10. The molecule has 2 saturated heterocycles. The van der Waals surface area contributed by atoms with Crippen LogP contribution in [0.4, 0.5) is 17.5 Å². The normalized spacial score (nSPS) is 23.2. The molecule has 1 unspecified atom stereocenters. The Morgan fingerprint density at radius 2 is 1.95 bits per heavy atom. The van der Waals surface area contributed by atoms with Crippen LogP contribution in [-0.4, -0.2) is 77.9 Å². The van der Waals surface area contributed by atoms with E-state index in [1.165, 1.54) is 6.07 Å². The summed E-state index contributed by atoms with van der Waals surface area (Å²) in [6, 6.07) is 9.61. The zero-order valence-corrected chi connectivity index (χ0v) is 25.1. The van der Waals surface area contributed by atoms with Crippen molar-refractivity contribution in [3.05, 3.63) is 54.4 Å². The fourth-order valence-electron chi connectivity index (χ4n) is 6.18. The van der Waals surface area contributed by atoms with Crippen LogP contribution in [-0.2, 0) is 26.1 Å². The van der Waals surface area contributed by atoms with Crippen LogP contribution >= 0.6 is 0 Å². The quantitative estimate of drug-likeness (QED) is 0.442. The first-order valence-corrected chi connectivity index (χ1v) is 16.1. The Balaban J connectivity index is 1.30. The Hall–Kier alpha value is -4.04. The van der Waals surface area contributed by atoms with Gasteiger partial charge in [-0.05, 0) is 69.4 Å². The summed E-state index contributed by atoms with van der Waals surface area (Å²) in [6.45, 7) is 6.78. The lowest BCUT2D eigenvalue weighted by Crippen LogP contribution is -2.41. The number of sulfonamides is 1. The molecule has 6 heterocycles. The minimum atomic E-state index is -4.27. The number of carbonyl (C=O) groups excluding carboxylic acids is 2. The van der Waals surface area contributed by atoms with Crippen molar-refractivity contribution in [2.45, 2.75) is 62.7 Å². The molecule has 3 aliphatic heterocycles. The molecule has 4 bridgehead atoms. The lowest BCUT2D eigenvalue weighted by atomic mass is 9.93. The zero-order chi connectivity index (χ0) is 30.2. The first kappa shape index (κ1) is 29.1. The highest BCUT2D eigenvalue weighted by molar-refractivity contribution is 7.90. The summed E-state index contributed by atoms with van der Waals surface area (Å²) >= 11 is 0. The number of nitrogens with one attached hydrogen (secondary N) is 2. The van der Waals surface area contributed by atoms with Crippen molar-refractivity contribution in [1.82, 2.24) is 24.5 Å². The van der Waals surface area contributed by atoms with E-state index in [2.05, 4.69) is 38.9 Å². The van der Waals surface area contributed by atoms with Crippen molar-refractivity contribution in [3.8, 4) is 0 Å². The van der Waals surface area contributed by atoms with Crippen molar-refractivity contribution in [3.63, 3.8) is 0 Å². The van der Waals surface area contributed by atoms with E-state index in [9.17, 15) is 18.0 Å². The van der Waals surface area contributed by atoms with E-state index < -0.39 is 22.0 Å². The standard InChI is InChI=1S/C29H36N8O5S/c1-29(2)18-20-6-4-12-30-23-7-3-8-25(32-23)43(40,41)34-27(38)21-9-10-24(33-26(21)37(29)19-20)36-15-11-22(28(36)39)42-17-16-35-14-5-13-31-35/h3,5,7-10,13-14,20,22H,4,6,11-12,15-19H2,1-2H3,(H,30,32)(H,34,38)/t20-,22?/m0/s1. The minimum absolute atomic E-state index is 0.115. The summed E-state index contributed by atoms with van der Waals surface area (Å²) < 4.78 is 36.2. The SMILES string of the molecule is CC1(C)C[C@@H]2CCCNc3cccc(n3)S(=O)(=O)NC(=O)c3ccc(N4CCC(OCCn5cccn5)C4=O)nc3N1C2. The molecule has 6 rings (SSSR count). The monoisotopic (exact) mass is 608 g/mol. The number of amides is 2. The number of nitrogens with zero attached hydrogens (tertiary/aromatic N) is 6. The second kappa shape index (κ2) is 11.6. The van der Waals surface area contributed by atoms with Crippen LogP contribution in [0.1, 0.15) is 49.9 Å². The number of fused-ring (bicyclic) bond motifs is 6. The molecule has 0 saturated carbocycles. The Morgan fingerprint density at radius 3 is 2.77 bits per heavy atom. The molecule has 0 radical (unpaired) electrons. The molecule has 14 heteroatoms. The van der Waals surface area contributed by atoms with Crippen molar-refractivity contribution < 1.29 is 22.7 Å². The zero-order valence-electron chi connectivity index (χ0n) is 24.3. The molecule has 13 nitrogen and oxygen atoms in total. The summed E-state index contributed by atoms with van der Waals surface area (Å²) in [6.07, 6.45) is 6.12. The van der Waals surface area contributed by atoms with Gasteiger partial charge in [-0.25, -0.2) is 14.7 Å². The van der Waals surface area contributed by atoms with E-state index in [1.807, 2.05) is 12.3 Å². The molecule has 2 fully saturated rings. The summed E-state index contributed by atoms with van der Waals surface area (Å²) in [5.74, 6) is 0.512. The number of ether oxygens (including phenoxy) is 1. The Labute approximate surface area is 250 Å². The lowest BCUT2D eigenvalue weighted by molar-refractivity contribution is -0.127. The van der Waals surface area contributed by atoms with E-state index in [4.69, 9.17) is 9.72 Å². The number of hydrogen-bond acceptors (Lipinski definition) is 10. The van der Waals surface area contributed by atoms with Crippen LogP contribution in [0.3, 0.4) is 0 Å². The van der Waals surface area contributed by atoms with Gasteiger partial charge >= 0.3 is 0 Å². The van der Waals surface area contributed by atoms with E-state index in [-0.39, 0.29) is 22.0 Å². The third-order valence-electron chi connectivity index (χ3n) is 8.27. The van der Waals surface area contributed by atoms with Gasteiger partial charge in [0, 0.05) is 44.0 Å². The molecule has 0 aromatic carbocycles. The fourth-order valence-corrected chi connectivity index (χ4v) is 7.12. The van der Waals surface area contributed by atoms with Crippen LogP contribution in [0, 0.1) is 5.92 Å². The van der Waals surface area contributed by atoms with Crippen molar-refractivity contribution >= 4 is 39.3 Å². The van der Waals surface area contributed by atoms with E-state index in [0.29, 0.717) is 62.6 Å². The molecule has 43 heavy (non-hydrogen) atoms. The average molecular weight is 609 g/mol. The number of hydrogen-bond donors (Lipinski definition) is 2. The van der Waals surface area contributed by atoms with Crippen LogP contribution in [0.25, 0.3) is 0 Å². The number of pyridine rings is 2. The first-order chi connectivity index (χ1) is 20.6. The van der Waals surface area contributed by atoms with Crippen molar-refractivity contribution in [1.29, 1.82) is 0 Å². The van der Waals surface area contributed by atoms with E-state index in [0.717, 1.165) is 19.3 Å². The third kappa shape index (κ3) is 6.07. The Kier molecular flexibility index (Phi) is 7.81. The van der Waals surface area contributed by atoms with Gasteiger partial charge in [-0.1, -0.05) is 6.07 Å². The van der Waals surface area contributed by atoms with Gasteiger partial charge in [0.15, 0.2) is 5.03 Å². The molecule has 2 amide bonds. The summed E-state index contributed by atoms with van der Waals surface area (Å²) in [4.78, 5) is 39.7. The van der Waals surface area contributed by atoms with Gasteiger partial charge in [0.1, 0.15) is 23.6 Å². The largest absolute Gasteiger partial charge is 0.370 e. The van der Waals surface area contributed by atoms with Gasteiger partial charge in [-0.3, -0.25) is 19.2 Å². The molecule has 2 N–H and O–H groups in total. The van der Waals surface area contributed by atoms with E-state index >= 15 is 0 Å². The topological polar surface area (TPSA) is 152 Å². The second-order valence-electron chi connectivity index (χ2n) is 11.8. The van der Waals surface area contributed by atoms with Crippen LogP contribution < -0.4 is 19.8 Å². The predicted octanol–water partition coefficient (Wildman–Crippen LogP) is 2.42. The summed E-state index contributed by atoms with van der Waals surface area (Å²) in [7, 11) is -4.27. The highest BCUT2D eigenvalue weighted by Gasteiger charge is 2.42. The maximum Gasteiger partial charge on any atom is 0.281 e. The molecule has 0 spiro atoms. The number of aromatic nitrogens is 4. The van der Waals surface area contributed by atoms with E-state index in [1.54, 1.807) is 40.0 Å². The maximum absolute atomic E-state index is 13.6. The van der Waals surface area contributed by atoms with Gasteiger partial charge in [0.05, 0.1) is 18.7 Å². The predicted molar refractivity (Wildman–Crippen MR) is 159 cm³/mol. The number of rotatable bonds is 5. The minimum Gasteiger partial charge on any atom is -0.370 e. The molecule has 228 valence electrons. The van der Waals surface area contributed by atoms with Gasteiger partial charge in [0.2, 0.25) is 0 Å². The maximum atomic E-state index is 13.6. The van der Waals surface area contributed by atoms with Crippen LogP contribution in [0.5, 0.6) is 0 Å². The van der Waals surface area contributed by atoms with Gasteiger partial charge < -0.3 is 15.0 Å². The second-order valence-corrected chi connectivity index (χ2v) is 13.4. The molecular weight excluding hydrogens is 572 g/mol. The summed E-state index contributed by atoms with van der Waals surface area (Å²) in [5.41, 5.74) is -0.239. The highest BCUT2D eigenvalue weighted by Crippen LogP contribution is 2.40. The fraction of sp³-hybridized carbons (Fsp3) is 0.483. The Morgan fingerprint density at radius 1 is 1.09 bits per heavy atom. The lowest BCUT2D eigenvalue weighted by Gasteiger charge is -2.34. The van der Waals surface area contributed by atoms with Crippen molar-refractivity contribution in [2.75, 3.05) is 41.4 Å². The van der Waals surface area contributed by atoms with Gasteiger partial charge in [-0.15, -0.1) is 0 Å². The molecule has 3 aromatic heterocycles. The first-order valence-electron chi connectivity index (χ1n) is 14.6. The number of anilines is 3. The highest BCUT2D eigenvalue weighted by atomic mass is 32.2. The third-order valence-corrected chi connectivity index (χ3v) is 9.51. The van der Waals surface area contributed by atoms with Crippen LogP contribution in [0.2, 0.25) is 0 Å². The Bertz CT molecular complexity index is 1610. The number of carbonyl (C=O) groups is 2. The molecule has 2 atom stereocenters. The van der Waals surface area contributed by atoms with Gasteiger partial charge in [-0.2, -0.15) is 13.5 Å². The van der Waals surface area contributed by atoms with Crippen LogP contribution in [0.15, 0.2) is 53.8 Å². The molecule has 3 aliphatic rings. The molecular formula is C29H36N8O5S. The molecule has 3 aromatic rings. The smallest absolute Gasteiger partial charge is 0.281 e. The molecule has 0 aliphatic carbocycles.